The number of likely N-dealkylation sites (tertiary alicyclic amines) is 2. The number of esters is 1. The molecule has 2 saturated heterocycles. The lowest BCUT2D eigenvalue weighted by molar-refractivity contribution is -0.148. The Morgan fingerprint density at radius 1 is 0.778 bits per heavy atom. The first kappa shape index (κ1) is 38.0. The van der Waals surface area contributed by atoms with Crippen molar-refractivity contribution >= 4 is 46.4 Å². The van der Waals surface area contributed by atoms with Gasteiger partial charge in [0.05, 0.1) is 43.6 Å². The number of benzene rings is 1. The Bertz CT molecular complexity index is 1650. The van der Waals surface area contributed by atoms with Gasteiger partial charge >= 0.3 is 5.97 Å². The molecular formula is C42H56N6O6. The zero-order chi connectivity index (χ0) is 38.3. The molecular weight excluding hydrogens is 684 g/mol. The monoisotopic (exact) mass is 740 g/mol. The van der Waals surface area contributed by atoms with Crippen molar-refractivity contribution in [1.29, 1.82) is 0 Å². The molecule has 3 N–H and O–H groups in total. The van der Waals surface area contributed by atoms with E-state index in [1.807, 2.05) is 49.9 Å². The fraction of sp³-hybridized carbons (Fsp3) is 0.619. The minimum Gasteiger partial charge on any atom is -0.469 e. The van der Waals surface area contributed by atoms with Gasteiger partial charge in [0.2, 0.25) is 11.8 Å². The molecule has 12 heteroatoms. The predicted molar refractivity (Wildman–Crippen MR) is 208 cm³/mol. The molecule has 1 aromatic carbocycles. The number of amides is 2. The lowest BCUT2D eigenvalue weighted by Gasteiger charge is -2.31. The number of carbonyl (C=O) groups is 4. The van der Waals surface area contributed by atoms with E-state index >= 15 is 0 Å². The number of nitrogens with one attached hydrogen (secondary N) is 2. The maximum absolute atomic E-state index is 13.7. The van der Waals surface area contributed by atoms with Crippen molar-refractivity contribution in [3.63, 3.8) is 0 Å². The molecule has 0 bridgehead atoms. The Morgan fingerprint density at radius 3 is 1.70 bits per heavy atom. The van der Waals surface area contributed by atoms with Gasteiger partial charge in [0.1, 0.15) is 6.61 Å². The molecule has 12 nitrogen and oxygen atoms in total. The van der Waals surface area contributed by atoms with Crippen molar-refractivity contribution in [1.82, 2.24) is 9.80 Å². The summed E-state index contributed by atoms with van der Waals surface area (Å²) >= 11 is 0. The number of methoxy groups -OCH3 is 1. The lowest BCUT2D eigenvalue weighted by Crippen LogP contribution is -2.45. The molecule has 0 aromatic heterocycles. The zero-order valence-electron chi connectivity index (χ0n) is 32.4. The van der Waals surface area contributed by atoms with Gasteiger partial charge in [-0.3, -0.25) is 29.2 Å². The molecule has 0 radical (unpaired) electrons. The van der Waals surface area contributed by atoms with E-state index in [1.54, 1.807) is 0 Å². The second kappa shape index (κ2) is 15.8. The van der Waals surface area contributed by atoms with Gasteiger partial charge in [-0.25, -0.2) is 0 Å². The third-order valence-corrected chi connectivity index (χ3v) is 12.6. The molecule has 1 aromatic rings. The number of anilines is 2. The molecule has 0 saturated carbocycles. The standard InChI is InChI=1S/C42H56N6O6/c1-23(2)30(17-29(50)22-49)41(52)47-10-6-8-38(47)36-15-27(20-43-36)32-13-25-12-26-14-33(46-35(26)19-34(25)45-32)28-16-37(44-21-28)39-9-7-11-48(39)42(53)31(24(3)4)18-40(51)54-5/h12,19-21,23-24,30-33,38-39,45-46,49H,6-11,13-18,22H2,1-5H3/t30?,31-,32?,33?,38?,39?/m0/s1. The number of aliphatic imine (C=N–C) groups is 2. The van der Waals surface area contributed by atoms with Gasteiger partial charge in [-0.15, -0.1) is 0 Å². The molecule has 54 heavy (non-hydrogen) atoms. The van der Waals surface area contributed by atoms with E-state index in [-0.39, 0.29) is 72.4 Å². The van der Waals surface area contributed by atoms with Crippen LogP contribution in [0.15, 0.2) is 45.7 Å². The molecule has 0 aliphatic carbocycles. The first-order valence-corrected chi connectivity index (χ1v) is 20.0. The van der Waals surface area contributed by atoms with Gasteiger partial charge in [-0.05, 0) is 78.7 Å². The van der Waals surface area contributed by atoms with Crippen LogP contribution in [-0.2, 0) is 36.8 Å². The molecule has 5 unspecified atom stereocenters. The van der Waals surface area contributed by atoms with Crippen LogP contribution < -0.4 is 10.6 Å². The highest BCUT2D eigenvalue weighted by molar-refractivity contribution is 5.99. The quantitative estimate of drug-likeness (QED) is 0.243. The SMILES string of the molecule is COC(=O)C[C@H](C(=O)N1CCCC1C1=NC=C(C2Cc3cc4c(cc3N2)NC(C2=CN=C(C3CCCN3C(=O)C(CC(=O)CO)C(C)C)C2)C4)C1)C(C)C. The van der Waals surface area contributed by atoms with Crippen molar-refractivity contribution in [2.75, 3.05) is 37.4 Å². The highest BCUT2D eigenvalue weighted by atomic mass is 16.5. The van der Waals surface area contributed by atoms with Crippen LogP contribution in [0.2, 0.25) is 0 Å². The maximum atomic E-state index is 13.7. The first-order chi connectivity index (χ1) is 25.9. The number of ketones is 1. The first-order valence-electron chi connectivity index (χ1n) is 20.0. The number of hydrogen-bond acceptors (Lipinski definition) is 10. The van der Waals surface area contributed by atoms with Gasteiger partial charge in [0.15, 0.2) is 5.78 Å². The summed E-state index contributed by atoms with van der Waals surface area (Å²) in [6.45, 7) is 8.72. The van der Waals surface area contributed by atoms with Crippen LogP contribution in [0.25, 0.3) is 0 Å². The summed E-state index contributed by atoms with van der Waals surface area (Å²) < 4.78 is 4.89. The Labute approximate surface area is 318 Å². The van der Waals surface area contributed by atoms with E-state index in [1.165, 1.54) is 29.4 Å². The zero-order valence-corrected chi connectivity index (χ0v) is 32.4. The Hall–Kier alpha value is -4.32. The third-order valence-electron chi connectivity index (χ3n) is 12.6. The number of ether oxygens (including phenoxy) is 1. The third kappa shape index (κ3) is 7.50. The Kier molecular flexibility index (Phi) is 11.1. The average Bonchev–Trinajstić information content (AvgIpc) is 4.00. The van der Waals surface area contributed by atoms with Crippen LogP contribution in [0.5, 0.6) is 0 Å². The van der Waals surface area contributed by atoms with Gasteiger partial charge in [0.25, 0.3) is 0 Å². The van der Waals surface area contributed by atoms with Crippen LogP contribution >= 0.6 is 0 Å². The van der Waals surface area contributed by atoms with E-state index in [0.717, 1.165) is 74.2 Å². The molecule has 6 heterocycles. The second-order valence-electron chi connectivity index (χ2n) is 16.7. The largest absolute Gasteiger partial charge is 0.469 e. The molecule has 2 fully saturated rings. The Balaban J connectivity index is 0.927. The molecule has 6 atom stereocenters. The second-order valence-corrected chi connectivity index (χ2v) is 16.7. The summed E-state index contributed by atoms with van der Waals surface area (Å²) in [6, 6.07) is 4.77. The normalized spacial score (nSPS) is 25.5. The molecule has 2 amide bonds. The minimum atomic E-state index is -0.532. The lowest BCUT2D eigenvalue weighted by atomic mass is 9.88. The topological polar surface area (TPSA) is 153 Å². The number of aliphatic hydroxyl groups excluding tert-OH is 1. The number of carbonyl (C=O) groups excluding carboxylic acids is 4. The van der Waals surface area contributed by atoms with E-state index in [0.29, 0.717) is 13.1 Å². The summed E-state index contributed by atoms with van der Waals surface area (Å²) in [5, 5.41) is 16.8. The van der Waals surface area contributed by atoms with E-state index in [2.05, 4.69) is 22.8 Å². The van der Waals surface area contributed by atoms with E-state index in [4.69, 9.17) is 14.7 Å². The number of rotatable bonds is 13. The number of hydrogen-bond donors (Lipinski definition) is 3. The number of nitrogens with zero attached hydrogens (tertiary/aromatic N) is 4. The highest BCUT2D eigenvalue weighted by Gasteiger charge is 2.41. The minimum absolute atomic E-state index is 0.00355. The van der Waals surface area contributed by atoms with E-state index < -0.39 is 18.4 Å². The maximum Gasteiger partial charge on any atom is 0.306 e. The molecule has 7 rings (SSSR count). The van der Waals surface area contributed by atoms with Gasteiger partial charge in [-0.1, -0.05) is 33.8 Å². The van der Waals surface area contributed by atoms with Crippen molar-refractivity contribution in [2.24, 2.45) is 33.7 Å². The molecule has 6 aliphatic rings. The van der Waals surface area contributed by atoms with Crippen molar-refractivity contribution in [3.05, 3.63) is 46.8 Å². The summed E-state index contributed by atoms with van der Waals surface area (Å²) in [7, 11) is 1.37. The highest BCUT2D eigenvalue weighted by Crippen LogP contribution is 2.41. The number of Topliss-reactive ketones (excluding diaryl/α,β-unsaturated/α-hetero) is 1. The number of fused-ring (bicyclic) bond motifs is 2. The Morgan fingerprint density at radius 2 is 1.26 bits per heavy atom. The van der Waals surface area contributed by atoms with Crippen molar-refractivity contribution in [2.45, 2.75) is 116 Å². The smallest absolute Gasteiger partial charge is 0.306 e. The summed E-state index contributed by atoms with van der Waals surface area (Å²) in [4.78, 5) is 65.1. The van der Waals surface area contributed by atoms with Gasteiger partial charge in [-0.2, -0.15) is 0 Å². The van der Waals surface area contributed by atoms with E-state index in [9.17, 15) is 24.3 Å². The van der Waals surface area contributed by atoms with Crippen molar-refractivity contribution < 1.29 is 29.0 Å². The van der Waals surface area contributed by atoms with Crippen LogP contribution in [0.4, 0.5) is 11.4 Å². The van der Waals surface area contributed by atoms with Crippen LogP contribution in [0.1, 0.15) is 90.2 Å². The average molecular weight is 741 g/mol. The molecule has 0 spiro atoms. The fourth-order valence-electron chi connectivity index (χ4n) is 9.40. The van der Waals surface area contributed by atoms with Crippen LogP contribution in [0, 0.1) is 23.7 Å². The summed E-state index contributed by atoms with van der Waals surface area (Å²) in [5.74, 6) is -1.42. The fourth-order valence-corrected chi connectivity index (χ4v) is 9.40. The predicted octanol–water partition coefficient (Wildman–Crippen LogP) is 4.86. The number of aliphatic hydroxyl groups is 1. The molecule has 290 valence electrons. The van der Waals surface area contributed by atoms with Gasteiger partial charge < -0.3 is 30.3 Å². The van der Waals surface area contributed by atoms with Crippen LogP contribution in [0.3, 0.4) is 0 Å². The summed E-state index contributed by atoms with van der Waals surface area (Å²) in [5.41, 5.74) is 9.39. The molecule has 6 aliphatic heterocycles. The van der Waals surface area contributed by atoms with Gasteiger partial charge in [0, 0.05) is 73.5 Å². The van der Waals surface area contributed by atoms with Crippen LogP contribution in [-0.4, -0.2) is 101 Å². The van der Waals surface area contributed by atoms with Crippen molar-refractivity contribution in [3.8, 4) is 0 Å². The summed E-state index contributed by atoms with van der Waals surface area (Å²) in [6.07, 6.45) is 11.0.